The second kappa shape index (κ2) is 5.25. The van der Waals surface area contributed by atoms with Gasteiger partial charge in [-0.05, 0) is 36.2 Å². The summed E-state index contributed by atoms with van der Waals surface area (Å²) in [7, 11) is 1.63. The molecule has 0 unspecified atom stereocenters. The number of rotatable bonds is 3. The fourth-order valence-electron chi connectivity index (χ4n) is 0.902. The van der Waals surface area contributed by atoms with Gasteiger partial charge in [0.25, 0.3) is 0 Å². The Balaban J connectivity index is 2.52. The number of ether oxygens (including phenoxy) is 1. The van der Waals surface area contributed by atoms with E-state index in [2.05, 4.69) is 4.72 Å². The molecule has 0 atom stereocenters. The Kier molecular flexibility index (Phi) is 4.24. The number of amides is 1. The van der Waals surface area contributed by atoms with Crippen molar-refractivity contribution in [3.63, 3.8) is 0 Å². The smallest absolute Gasteiger partial charge is 0.235 e. The molecular formula is C12H17NO2S. The van der Waals surface area contributed by atoms with Crippen molar-refractivity contribution < 1.29 is 9.53 Å². The monoisotopic (exact) mass is 239 g/mol. The van der Waals surface area contributed by atoms with Crippen LogP contribution in [0.5, 0.6) is 5.75 Å². The third-order valence-electron chi connectivity index (χ3n) is 2.00. The maximum Gasteiger partial charge on any atom is 0.235 e. The first-order valence-electron chi connectivity index (χ1n) is 5.05. The topological polar surface area (TPSA) is 38.3 Å². The molecular weight excluding hydrogens is 222 g/mol. The van der Waals surface area contributed by atoms with Gasteiger partial charge < -0.3 is 4.74 Å². The van der Waals surface area contributed by atoms with Crippen molar-refractivity contribution in [1.82, 2.24) is 4.72 Å². The fourth-order valence-corrected chi connectivity index (χ4v) is 1.69. The van der Waals surface area contributed by atoms with E-state index in [1.807, 2.05) is 45.0 Å². The molecule has 0 aliphatic heterocycles. The van der Waals surface area contributed by atoms with Crippen molar-refractivity contribution in [3.05, 3.63) is 24.3 Å². The summed E-state index contributed by atoms with van der Waals surface area (Å²) < 4.78 is 7.87. The van der Waals surface area contributed by atoms with Gasteiger partial charge in [-0.3, -0.25) is 9.52 Å². The van der Waals surface area contributed by atoms with Gasteiger partial charge in [0.2, 0.25) is 5.91 Å². The summed E-state index contributed by atoms with van der Waals surface area (Å²) in [4.78, 5) is 12.6. The SMILES string of the molecule is COc1ccc(SNC(=O)C(C)(C)C)cc1. The summed E-state index contributed by atoms with van der Waals surface area (Å²) in [5, 5.41) is 0. The molecule has 0 saturated heterocycles. The second-order valence-electron chi connectivity index (χ2n) is 4.46. The van der Waals surface area contributed by atoms with E-state index in [1.54, 1.807) is 7.11 Å². The van der Waals surface area contributed by atoms with Crippen LogP contribution in [0.1, 0.15) is 20.8 Å². The number of hydrogen-bond donors (Lipinski definition) is 1. The van der Waals surface area contributed by atoms with Crippen LogP contribution in [-0.2, 0) is 4.79 Å². The lowest BCUT2D eigenvalue weighted by molar-refractivity contribution is -0.126. The Bertz CT molecular complexity index is 354. The first-order valence-corrected chi connectivity index (χ1v) is 5.86. The first kappa shape index (κ1) is 12.9. The standard InChI is InChI=1S/C12H17NO2S/c1-12(2,3)11(14)13-16-10-7-5-9(15-4)6-8-10/h5-8H,1-4H3,(H,13,14). The van der Waals surface area contributed by atoms with Crippen LogP contribution in [0.25, 0.3) is 0 Å². The average molecular weight is 239 g/mol. The number of hydrogen-bond acceptors (Lipinski definition) is 3. The van der Waals surface area contributed by atoms with E-state index in [-0.39, 0.29) is 11.3 Å². The first-order chi connectivity index (χ1) is 7.43. The minimum Gasteiger partial charge on any atom is -0.497 e. The van der Waals surface area contributed by atoms with Gasteiger partial charge >= 0.3 is 0 Å². The molecule has 1 N–H and O–H groups in total. The van der Waals surface area contributed by atoms with Crippen molar-refractivity contribution in [2.75, 3.05) is 7.11 Å². The summed E-state index contributed by atoms with van der Waals surface area (Å²) in [6, 6.07) is 7.55. The van der Waals surface area contributed by atoms with Crippen LogP contribution in [0.4, 0.5) is 0 Å². The number of methoxy groups -OCH3 is 1. The lowest BCUT2D eigenvalue weighted by atomic mass is 9.96. The minimum atomic E-state index is -0.362. The summed E-state index contributed by atoms with van der Waals surface area (Å²) in [5.74, 6) is 0.833. The summed E-state index contributed by atoms with van der Waals surface area (Å²) >= 11 is 1.32. The van der Waals surface area contributed by atoms with Crippen molar-refractivity contribution in [1.29, 1.82) is 0 Å². The summed E-state index contributed by atoms with van der Waals surface area (Å²) in [6.45, 7) is 5.66. The van der Waals surface area contributed by atoms with E-state index in [0.29, 0.717) is 0 Å². The van der Waals surface area contributed by atoms with E-state index >= 15 is 0 Å². The van der Waals surface area contributed by atoms with Gasteiger partial charge in [-0.2, -0.15) is 0 Å². The molecule has 0 radical (unpaired) electrons. The van der Waals surface area contributed by atoms with Crippen LogP contribution >= 0.6 is 11.9 Å². The third kappa shape index (κ3) is 3.77. The maximum absolute atomic E-state index is 11.6. The molecule has 0 spiro atoms. The van der Waals surface area contributed by atoms with Crippen LogP contribution in [0, 0.1) is 5.41 Å². The fraction of sp³-hybridized carbons (Fsp3) is 0.417. The van der Waals surface area contributed by atoms with Crippen molar-refractivity contribution >= 4 is 17.9 Å². The molecule has 1 aromatic carbocycles. The van der Waals surface area contributed by atoms with Crippen molar-refractivity contribution in [3.8, 4) is 5.75 Å². The van der Waals surface area contributed by atoms with E-state index < -0.39 is 0 Å². The van der Waals surface area contributed by atoms with E-state index in [4.69, 9.17) is 4.74 Å². The van der Waals surface area contributed by atoms with Crippen molar-refractivity contribution in [2.24, 2.45) is 5.41 Å². The highest BCUT2D eigenvalue weighted by Crippen LogP contribution is 2.21. The van der Waals surface area contributed by atoms with E-state index in [1.165, 1.54) is 11.9 Å². The second-order valence-corrected chi connectivity index (χ2v) is 5.34. The van der Waals surface area contributed by atoms with Gasteiger partial charge in [-0.25, -0.2) is 0 Å². The van der Waals surface area contributed by atoms with Gasteiger partial charge in [0.05, 0.1) is 7.11 Å². The highest BCUT2D eigenvalue weighted by atomic mass is 32.2. The van der Waals surface area contributed by atoms with Crippen LogP contribution in [0.15, 0.2) is 29.2 Å². The number of carbonyl (C=O) groups excluding carboxylic acids is 1. The molecule has 4 heteroatoms. The molecule has 16 heavy (non-hydrogen) atoms. The van der Waals surface area contributed by atoms with Gasteiger partial charge in [-0.15, -0.1) is 0 Å². The van der Waals surface area contributed by atoms with Crippen LogP contribution in [0.3, 0.4) is 0 Å². The minimum absolute atomic E-state index is 0.0216. The molecule has 0 aliphatic carbocycles. The molecule has 0 heterocycles. The normalized spacial score (nSPS) is 11.0. The zero-order chi connectivity index (χ0) is 12.2. The molecule has 0 aliphatic rings. The average Bonchev–Trinajstić information content (AvgIpc) is 2.25. The predicted octanol–water partition coefficient (Wildman–Crippen LogP) is 2.86. The third-order valence-corrected chi connectivity index (χ3v) is 2.80. The molecule has 1 rings (SSSR count). The van der Waals surface area contributed by atoms with E-state index in [0.717, 1.165) is 10.6 Å². The molecule has 0 aromatic heterocycles. The molecule has 3 nitrogen and oxygen atoms in total. The number of benzene rings is 1. The van der Waals surface area contributed by atoms with Gasteiger partial charge in [-0.1, -0.05) is 20.8 Å². The Morgan fingerprint density at radius 1 is 1.25 bits per heavy atom. The molecule has 0 bridgehead atoms. The molecule has 0 saturated carbocycles. The largest absolute Gasteiger partial charge is 0.497 e. The molecule has 88 valence electrons. The van der Waals surface area contributed by atoms with Crippen LogP contribution in [-0.4, -0.2) is 13.0 Å². The zero-order valence-corrected chi connectivity index (χ0v) is 10.9. The van der Waals surface area contributed by atoms with E-state index in [9.17, 15) is 4.79 Å². The van der Waals surface area contributed by atoms with Crippen molar-refractivity contribution in [2.45, 2.75) is 25.7 Å². The lowest BCUT2D eigenvalue weighted by Crippen LogP contribution is -2.30. The quantitative estimate of drug-likeness (QED) is 0.824. The maximum atomic E-state index is 11.6. The van der Waals surface area contributed by atoms with Crippen LogP contribution < -0.4 is 9.46 Å². The Hall–Kier alpha value is -1.16. The number of carbonyl (C=O) groups is 1. The van der Waals surface area contributed by atoms with Gasteiger partial charge in [0.15, 0.2) is 0 Å². The Morgan fingerprint density at radius 2 is 1.81 bits per heavy atom. The van der Waals surface area contributed by atoms with Crippen LogP contribution in [0.2, 0.25) is 0 Å². The highest BCUT2D eigenvalue weighted by molar-refractivity contribution is 7.98. The summed E-state index contributed by atoms with van der Waals surface area (Å²) in [6.07, 6.45) is 0. The summed E-state index contributed by atoms with van der Waals surface area (Å²) in [5.41, 5.74) is -0.362. The lowest BCUT2D eigenvalue weighted by Gasteiger charge is -2.16. The highest BCUT2D eigenvalue weighted by Gasteiger charge is 2.20. The predicted molar refractivity (Wildman–Crippen MR) is 66.4 cm³/mol. The van der Waals surface area contributed by atoms with Gasteiger partial charge in [0.1, 0.15) is 5.75 Å². The number of nitrogens with one attached hydrogen (secondary N) is 1. The Labute approximate surface area is 101 Å². The molecule has 1 aromatic rings. The molecule has 0 fully saturated rings. The van der Waals surface area contributed by atoms with Gasteiger partial charge in [0, 0.05) is 10.3 Å². The Morgan fingerprint density at radius 3 is 2.25 bits per heavy atom. The zero-order valence-electron chi connectivity index (χ0n) is 10.0. The molecule has 1 amide bonds.